The van der Waals surface area contributed by atoms with Gasteiger partial charge in [-0.2, -0.15) is 0 Å². The van der Waals surface area contributed by atoms with Gasteiger partial charge < -0.3 is 11.1 Å². The highest BCUT2D eigenvalue weighted by Crippen LogP contribution is 2.38. The molecule has 3 rings (SSSR count). The third kappa shape index (κ3) is 2.62. The van der Waals surface area contributed by atoms with E-state index in [1.807, 2.05) is 19.1 Å². The van der Waals surface area contributed by atoms with Crippen LogP contribution in [0, 0.1) is 5.41 Å². The first-order valence-corrected chi connectivity index (χ1v) is 7.99. The minimum atomic E-state index is -0.664. The van der Waals surface area contributed by atoms with Gasteiger partial charge in [-0.1, -0.05) is 6.08 Å². The van der Waals surface area contributed by atoms with Gasteiger partial charge in [0, 0.05) is 18.1 Å². The van der Waals surface area contributed by atoms with E-state index in [2.05, 4.69) is 16.4 Å². The lowest BCUT2D eigenvalue weighted by Crippen LogP contribution is -2.58. The van der Waals surface area contributed by atoms with Crippen LogP contribution in [0.25, 0.3) is 4.91 Å². The van der Waals surface area contributed by atoms with E-state index < -0.39 is 5.54 Å². The van der Waals surface area contributed by atoms with Crippen LogP contribution >= 0.6 is 11.8 Å². The molecular formula is C15H19N5OS. The van der Waals surface area contributed by atoms with Gasteiger partial charge in [0.1, 0.15) is 0 Å². The first-order chi connectivity index (χ1) is 10.4. The van der Waals surface area contributed by atoms with Crippen molar-refractivity contribution in [3.05, 3.63) is 35.7 Å². The zero-order valence-electron chi connectivity index (χ0n) is 12.6. The number of hydrogen-bond acceptors (Lipinski definition) is 5. The molecule has 4 N–H and O–H groups in total. The van der Waals surface area contributed by atoms with Crippen LogP contribution in [0.4, 0.5) is 0 Å². The quantitative estimate of drug-likeness (QED) is 0.767. The van der Waals surface area contributed by atoms with E-state index in [9.17, 15) is 4.79 Å². The Morgan fingerprint density at radius 3 is 3.00 bits per heavy atom. The number of guanidine groups is 1. The number of amides is 1. The predicted octanol–water partition coefficient (Wildman–Crippen LogP) is 1.45. The van der Waals surface area contributed by atoms with Gasteiger partial charge in [0.05, 0.1) is 23.0 Å². The first kappa shape index (κ1) is 15.1. The Morgan fingerprint density at radius 1 is 1.59 bits per heavy atom. The minimum Gasteiger partial charge on any atom is -0.345 e. The monoisotopic (exact) mass is 317 g/mol. The minimum absolute atomic E-state index is 0.0880. The van der Waals surface area contributed by atoms with Gasteiger partial charge in [-0.25, -0.2) is 0 Å². The van der Waals surface area contributed by atoms with Gasteiger partial charge >= 0.3 is 0 Å². The van der Waals surface area contributed by atoms with Crippen LogP contribution in [0.3, 0.4) is 0 Å². The SMILES string of the molecule is CN1C(=N)N[C@](C)(c2cc(C3=CCC(N)S3)ccn2)CC1=O. The van der Waals surface area contributed by atoms with Crippen molar-refractivity contribution in [2.75, 3.05) is 7.05 Å². The number of pyridine rings is 1. The van der Waals surface area contributed by atoms with Crippen LogP contribution in [-0.4, -0.2) is 34.2 Å². The summed E-state index contributed by atoms with van der Waals surface area (Å²) >= 11 is 1.65. The van der Waals surface area contributed by atoms with E-state index >= 15 is 0 Å². The highest BCUT2D eigenvalue weighted by Gasteiger charge is 2.39. The number of hydrogen-bond donors (Lipinski definition) is 3. The number of carbonyl (C=O) groups is 1. The zero-order valence-corrected chi connectivity index (χ0v) is 13.4. The van der Waals surface area contributed by atoms with E-state index in [1.165, 1.54) is 4.90 Å². The summed E-state index contributed by atoms with van der Waals surface area (Å²) in [6.07, 6.45) is 5.01. The molecule has 2 aliphatic heterocycles. The summed E-state index contributed by atoms with van der Waals surface area (Å²) in [7, 11) is 1.60. The summed E-state index contributed by atoms with van der Waals surface area (Å²) in [4.78, 5) is 19.0. The third-order valence-corrected chi connectivity index (χ3v) is 5.18. The lowest BCUT2D eigenvalue weighted by molar-refractivity contribution is -0.129. The molecule has 22 heavy (non-hydrogen) atoms. The fourth-order valence-corrected chi connectivity index (χ4v) is 3.62. The lowest BCUT2D eigenvalue weighted by atomic mass is 9.89. The molecule has 2 atom stereocenters. The molecule has 6 nitrogen and oxygen atoms in total. The second-order valence-electron chi connectivity index (χ2n) is 5.83. The average molecular weight is 317 g/mol. The Morgan fingerprint density at radius 2 is 2.36 bits per heavy atom. The summed E-state index contributed by atoms with van der Waals surface area (Å²) in [5.74, 6) is 0.0114. The largest absolute Gasteiger partial charge is 0.345 e. The molecule has 1 fully saturated rings. The molecule has 7 heteroatoms. The van der Waals surface area contributed by atoms with Crippen LogP contribution in [-0.2, 0) is 10.3 Å². The smallest absolute Gasteiger partial charge is 0.231 e. The van der Waals surface area contributed by atoms with Crippen LogP contribution in [0.15, 0.2) is 24.4 Å². The summed E-state index contributed by atoms with van der Waals surface area (Å²) in [6, 6.07) is 3.93. The molecule has 1 amide bonds. The molecule has 1 saturated heterocycles. The van der Waals surface area contributed by atoms with Gasteiger partial charge in [-0.05, 0) is 31.0 Å². The van der Waals surface area contributed by atoms with Crippen LogP contribution in [0.5, 0.6) is 0 Å². The Bertz CT molecular complexity index is 654. The number of nitrogens with one attached hydrogen (secondary N) is 2. The van der Waals surface area contributed by atoms with Crippen molar-refractivity contribution >= 4 is 28.5 Å². The van der Waals surface area contributed by atoms with Gasteiger partial charge in [0.15, 0.2) is 5.96 Å². The van der Waals surface area contributed by atoms with Crippen LogP contribution in [0.2, 0.25) is 0 Å². The molecular weight excluding hydrogens is 298 g/mol. The van der Waals surface area contributed by atoms with Crippen molar-refractivity contribution in [2.24, 2.45) is 5.73 Å². The van der Waals surface area contributed by atoms with Gasteiger partial charge in [-0.15, -0.1) is 11.8 Å². The molecule has 2 aliphatic rings. The van der Waals surface area contributed by atoms with Crippen LogP contribution < -0.4 is 11.1 Å². The van der Waals surface area contributed by atoms with Crippen molar-refractivity contribution in [3.8, 4) is 0 Å². The van der Waals surface area contributed by atoms with Crippen LogP contribution in [0.1, 0.15) is 31.0 Å². The predicted molar refractivity (Wildman–Crippen MR) is 88.0 cm³/mol. The van der Waals surface area contributed by atoms with Crippen molar-refractivity contribution in [1.29, 1.82) is 5.41 Å². The fraction of sp³-hybridized carbons (Fsp3) is 0.400. The van der Waals surface area contributed by atoms with Crippen molar-refractivity contribution < 1.29 is 4.79 Å². The number of nitrogens with two attached hydrogens (primary N) is 1. The number of carbonyl (C=O) groups excluding carboxylic acids is 1. The number of thioether (sulfide) groups is 1. The first-order valence-electron chi connectivity index (χ1n) is 7.12. The maximum atomic E-state index is 12.1. The topological polar surface area (TPSA) is 95.1 Å². The normalized spacial score (nSPS) is 28.6. The fourth-order valence-electron chi connectivity index (χ4n) is 2.64. The van der Waals surface area contributed by atoms with Crippen molar-refractivity contribution in [1.82, 2.24) is 15.2 Å². The second kappa shape index (κ2) is 5.40. The standard InChI is InChI=1S/C15H19N5OS/c1-15(8-13(21)20(2)14(17)19-15)11-7-9(5-6-18-11)10-3-4-12(16)22-10/h3,5-7,12H,4,8,16H2,1-2H3,(H2,17,19)/t12?,15-/m0/s1. The third-order valence-electron chi connectivity index (χ3n) is 4.03. The highest BCUT2D eigenvalue weighted by atomic mass is 32.2. The molecule has 1 aromatic heterocycles. The zero-order chi connectivity index (χ0) is 15.9. The summed E-state index contributed by atoms with van der Waals surface area (Å²) in [6.45, 7) is 1.90. The van der Waals surface area contributed by atoms with Gasteiger partial charge in [0.25, 0.3) is 0 Å². The molecule has 0 bridgehead atoms. The van der Waals surface area contributed by atoms with E-state index in [4.69, 9.17) is 11.1 Å². The maximum absolute atomic E-state index is 12.1. The molecule has 0 saturated carbocycles. The molecule has 0 spiro atoms. The number of nitrogens with zero attached hydrogens (tertiary/aromatic N) is 2. The molecule has 1 unspecified atom stereocenters. The van der Waals surface area contributed by atoms with Gasteiger partial charge in [-0.3, -0.25) is 20.1 Å². The Labute approximate surface area is 133 Å². The molecule has 0 aliphatic carbocycles. The number of rotatable bonds is 2. The Hall–Kier alpha value is -1.86. The van der Waals surface area contributed by atoms with Gasteiger partial charge in [0.2, 0.25) is 5.91 Å². The maximum Gasteiger partial charge on any atom is 0.231 e. The molecule has 0 aromatic carbocycles. The number of aromatic nitrogens is 1. The van der Waals surface area contributed by atoms with E-state index in [0.29, 0.717) is 0 Å². The second-order valence-corrected chi connectivity index (χ2v) is 7.11. The molecule has 1 aromatic rings. The summed E-state index contributed by atoms with van der Waals surface area (Å²) in [5.41, 5.74) is 7.08. The molecule has 3 heterocycles. The summed E-state index contributed by atoms with van der Waals surface area (Å²) < 4.78 is 0. The van der Waals surface area contributed by atoms with E-state index in [-0.39, 0.29) is 23.7 Å². The molecule has 0 radical (unpaired) electrons. The Balaban J connectivity index is 1.92. The Kier molecular flexibility index (Phi) is 3.70. The van der Waals surface area contributed by atoms with Crippen molar-refractivity contribution in [3.63, 3.8) is 0 Å². The lowest BCUT2D eigenvalue weighted by Gasteiger charge is -2.38. The average Bonchev–Trinajstić information content (AvgIpc) is 2.91. The summed E-state index contributed by atoms with van der Waals surface area (Å²) in [5, 5.41) is 11.1. The molecule has 116 valence electrons. The van der Waals surface area contributed by atoms with E-state index in [1.54, 1.807) is 25.0 Å². The highest BCUT2D eigenvalue weighted by molar-refractivity contribution is 8.09. The van der Waals surface area contributed by atoms with Crippen molar-refractivity contribution in [2.45, 2.75) is 30.7 Å². The van der Waals surface area contributed by atoms with E-state index in [0.717, 1.165) is 22.6 Å².